The fourth-order valence-corrected chi connectivity index (χ4v) is 10.4. The molecule has 0 unspecified atom stereocenters. The van der Waals surface area contributed by atoms with Crippen molar-refractivity contribution in [3.8, 4) is 78.4 Å². The summed E-state index contributed by atoms with van der Waals surface area (Å²) in [5, 5.41) is 2.19. The highest BCUT2D eigenvalue weighted by atomic mass is 16.3. The van der Waals surface area contributed by atoms with Crippen molar-refractivity contribution >= 4 is 21.9 Å². The van der Waals surface area contributed by atoms with Gasteiger partial charge in [-0.15, -0.1) is 0 Å². The maximum atomic E-state index is 6.38. The topological polar surface area (TPSA) is 38.9 Å². The van der Waals surface area contributed by atoms with Gasteiger partial charge in [-0.25, -0.2) is 9.97 Å². The number of para-hydroxylation sites is 1. The van der Waals surface area contributed by atoms with Crippen molar-refractivity contribution in [2.75, 3.05) is 0 Å². The third-order valence-corrected chi connectivity index (χ3v) is 13.1. The van der Waals surface area contributed by atoms with Crippen LogP contribution < -0.4 is 0 Å². The van der Waals surface area contributed by atoms with E-state index in [2.05, 4.69) is 206 Å². The molecule has 2 aliphatic rings. The first-order valence-corrected chi connectivity index (χ1v) is 21.2. The van der Waals surface area contributed by atoms with Crippen LogP contribution in [-0.2, 0) is 5.41 Å². The molecule has 288 valence electrons. The van der Waals surface area contributed by atoms with Gasteiger partial charge in [0.05, 0.1) is 16.8 Å². The van der Waals surface area contributed by atoms with Crippen molar-refractivity contribution in [1.82, 2.24) is 9.97 Å². The van der Waals surface area contributed by atoms with Crippen LogP contribution in [0.1, 0.15) is 22.3 Å². The molecule has 0 N–H and O–H groups in total. The van der Waals surface area contributed by atoms with Crippen molar-refractivity contribution < 1.29 is 4.42 Å². The van der Waals surface area contributed by atoms with E-state index in [1.54, 1.807) is 0 Å². The predicted octanol–water partition coefficient (Wildman–Crippen LogP) is 15.1. The molecule has 0 radical (unpaired) electrons. The van der Waals surface area contributed by atoms with Gasteiger partial charge in [0.2, 0.25) is 0 Å². The number of fused-ring (bicyclic) bond motifs is 15. The molecule has 0 bridgehead atoms. The molecule has 62 heavy (non-hydrogen) atoms. The normalized spacial score (nSPS) is 13.0. The molecule has 2 aliphatic carbocycles. The fourth-order valence-electron chi connectivity index (χ4n) is 10.4. The van der Waals surface area contributed by atoms with E-state index in [1.165, 1.54) is 55.6 Å². The molecule has 13 rings (SSSR count). The Hall–Kier alpha value is -8.14. The van der Waals surface area contributed by atoms with Crippen molar-refractivity contribution in [2.45, 2.75) is 5.41 Å². The Bertz CT molecular complexity index is 3530. The van der Waals surface area contributed by atoms with Gasteiger partial charge in [0.1, 0.15) is 11.2 Å². The minimum Gasteiger partial charge on any atom is -0.456 e. The Morgan fingerprint density at radius 1 is 0.290 bits per heavy atom. The fraction of sp³-hybridized carbons (Fsp3) is 0.0169. The van der Waals surface area contributed by atoms with Gasteiger partial charge in [0.25, 0.3) is 0 Å². The van der Waals surface area contributed by atoms with Gasteiger partial charge in [0, 0.05) is 27.5 Å². The number of nitrogens with zero attached hydrogens (tertiary/aromatic N) is 2. The second-order valence-corrected chi connectivity index (χ2v) is 16.4. The standard InChI is InChI=1S/C59H36N2O/c1-2-15-37(16-3-1)38-17-14-18-39(33-38)54-36-55(40-29-31-48-47-24-9-13-28-56(47)62-57(48)35-40)61-58(60-54)41-30-32-53-49(34-41)46-23-8-12-27-52(46)59(53)50-25-10-6-21-44(50)42-19-4-5-20-43(42)45-22-7-11-26-51(45)59/h1-36H. The van der Waals surface area contributed by atoms with Crippen LogP contribution in [0.15, 0.2) is 223 Å². The minimum atomic E-state index is -0.551. The first-order valence-electron chi connectivity index (χ1n) is 21.2. The van der Waals surface area contributed by atoms with Gasteiger partial charge in [-0.2, -0.15) is 0 Å². The third-order valence-electron chi connectivity index (χ3n) is 13.1. The first-order chi connectivity index (χ1) is 30.7. The molecule has 1 spiro atoms. The van der Waals surface area contributed by atoms with Crippen LogP contribution in [0.4, 0.5) is 0 Å². The molecule has 2 aromatic heterocycles. The summed E-state index contributed by atoms with van der Waals surface area (Å²) in [4.78, 5) is 10.8. The number of hydrogen-bond acceptors (Lipinski definition) is 3. The monoisotopic (exact) mass is 788 g/mol. The Morgan fingerprint density at radius 3 is 1.48 bits per heavy atom. The summed E-state index contributed by atoms with van der Waals surface area (Å²) in [5.41, 5.74) is 20.7. The number of aromatic nitrogens is 2. The summed E-state index contributed by atoms with van der Waals surface area (Å²) < 4.78 is 6.38. The average molecular weight is 789 g/mol. The predicted molar refractivity (Wildman–Crippen MR) is 253 cm³/mol. The van der Waals surface area contributed by atoms with Gasteiger partial charge in [-0.3, -0.25) is 0 Å². The first kappa shape index (κ1) is 34.7. The molecule has 0 saturated carbocycles. The second kappa shape index (κ2) is 13.4. The van der Waals surface area contributed by atoms with E-state index in [4.69, 9.17) is 14.4 Å². The highest BCUT2D eigenvalue weighted by molar-refractivity contribution is 6.06. The van der Waals surface area contributed by atoms with E-state index in [0.717, 1.165) is 61.1 Å². The average Bonchev–Trinajstić information content (AvgIpc) is 3.84. The Kier molecular flexibility index (Phi) is 7.52. The van der Waals surface area contributed by atoms with E-state index >= 15 is 0 Å². The molecular weight excluding hydrogens is 753 g/mol. The molecule has 11 aromatic rings. The smallest absolute Gasteiger partial charge is 0.160 e. The zero-order valence-electron chi connectivity index (χ0n) is 33.6. The van der Waals surface area contributed by atoms with Crippen molar-refractivity contribution in [2.24, 2.45) is 0 Å². The molecule has 0 amide bonds. The lowest BCUT2D eigenvalue weighted by molar-refractivity contribution is 0.669. The molecule has 3 nitrogen and oxygen atoms in total. The molecule has 0 saturated heterocycles. The number of furan rings is 1. The highest BCUT2D eigenvalue weighted by Crippen LogP contribution is 2.61. The summed E-state index contributed by atoms with van der Waals surface area (Å²) in [7, 11) is 0. The third kappa shape index (κ3) is 5.06. The lowest BCUT2D eigenvalue weighted by Crippen LogP contribution is -2.29. The zero-order chi connectivity index (χ0) is 40.8. The maximum absolute atomic E-state index is 6.38. The summed E-state index contributed by atoms with van der Waals surface area (Å²) in [6, 6.07) is 78.7. The summed E-state index contributed by atoms with van der Waals surface area (Å²) in [6.45, 7) is 0. The van der Waals surface area contributed by atoms with Crippen LogP contribution in [0.3, 0.4) is 0 Å². The Balaban J connectivity index is 1.04. The highest BCUT2D eigenvalue weighted by Gasteiger charge is 2.49. The molecule has 2 heterocycles. The van der Waals surface area contributed by atoms with E-state index in [9.17, 15) is 0 Å². The van der Waals surface area contributed by atoms with Crippen LogP contribution in [0.5, 0.6) is 0 Å². The van der Waals surface area contributed by atoms with Gasteiger partial charge < -0.3 is 4.42 Å². The van der Waals surface area contributed by atoms with E-state index in [-0.39, 0.29) is 0 Å². The van der Waals surface area contributed by atoms with Gasteiger partial charge in [-0.05, 0) is 103 Å². The second-order valence-electron chi connectivity index (χ2n) is 16.4. The van der Waals surface area contributed by atoms with Crippen molar-refractivity contribution in [3.63, 3.8) is 0 Å². The summed E-state index contributed by atoms with van der Waals surface area (Å²) in [5.74, 6) is 0.669. The Labute approximate surface area is 359 Å². The maximum Gasteiger partial charge on any atom is 0.160 e. The van der Waals surface area contributed by atoms with Gasteiger partial charge >= 0.3 is 0 Å². The van der Waals surface area contributed by atoms with Gasteiger partial charge in [0.15, 0.2) is 5.82 Å². The van der Waals surface area contributed by atoms with Crippen molar-refractivity contribution in [3.05, 3.63) is 241 Å². The molecule has 0 aliphatic heterocycles. The molecular formula is C59H36N2O. The molecule has 3 heteroatoms. The minimum absolute atomic E-state index is 0.551. The summed E-state index contributed by atoms with van der Waals surface area (Å²) >= 11 is 0. The van der Waals surface area contributed by atoms with Gasteiger partial charge in [-0.1, -0.05) is 182 Å². The molecule has 0 fully saturated rings. The largest absolute Gasteiger partial charge is 0.456 e. The number of rotatable bonds is 4. The van der Waals surface area contributed by atoms with E-state index < -0.39 is 5.41 Å². The molecule has 0 atom stereocenters. The molecule has 9 aromatic carbocycles. The number of benzene rings is 9. The lowest BCUT2D eigenvalue weighted by Gasteiger charge is -2.35. The van der Waals surface area contributed by atoms with E-state index in [0.29, 0.717) is 5.82 Å². The van der Waals surface area contributed by atoms with Crippen molar-refractivity contribution in [1.29, 1.82) is 0 Å². The lowest BCUT2D eigenvalue weighted by atomic mass is 9.66. The summed E-state index contributed by atoms with van der Waals surface area (Å²) in [6.07, 6.45) is 0. The SMILES string of the molecule is c1ccc(-c2cccc(-c3cc(-c4ccc5c(c4)oc4ccccc45)nc(-c4ccc5c(c4)-c4ccccc4C54c5ccccc5-c5ccccc5-c5ccccc54)n3)c2)cc1. The van der Waals surface area contributed by atoms with Crippen LogP contribution in [0.25, 0.3) is 100 Å². The quantitative estimate of drug-likeness (QED) is 0.178. The number of hydrogen-bond donors (Lipinski definition) is 0. The van der Waals surface area contributed by atoms with Crippen LogP contribution in [0.2, 0.25) is 0 Å². The van der Waals surface area contributed by atoms with Crippen LogP contribution >= 0.6 is 0 Å². The Morgan fingerprint density at radius 2 is 0.790 bits per heavy atom. The van der Waals surface area contributed by atoms with Crippen LogP contribution in [-0.4, -0.2) is 9.97 Å². The van der Waals surface area contributed by atoms with Crippen LogP contribution in [0, 0.1) is 0 Å². The van der Waals surface area contributed by atoms with E-state index in [1.807, 2.05) is 12.1 Å². The zero-order valence-corrected chi connectivity index (χ0v) is 33.6.